The zero-order valence-corrected chi connectivity index (χ0v) is 22.2. The van der Waals surface area contributed by atoms with E-state index in [0.717, 1.165) is 5.56 Å². The van der Waals surface area contributed by atoms with E-state index in [1.54, 1.807) is 30.2 Å². The van der Waals surface area contributed by atoms with Crippen molar-refractivity contribution in [2.75, 3.05) is 67.9 Å². The fourth-order valence-electron chi connectivity index (χ4n) is 5.22. The van der Waals surface area contributed by atoms with Crippen LogP contribution in [-0.4, -0.2) is 96.3 Å². The van der Waals surface area contributed by atoms with Crippen LogP contribution in [0.5, 0.6) is 28.7 Å². The molecule has 0 bridgehead atoms. The lowest BCUT2D eigenvalue weighted by atomic mass is 9.97. The average molecular weight is 534 g/mol. The number of fused-ring (bicyclic) bond motifs is 2. The molecule has 1 saturated heterocycles. The van der Waals surface area contributed by atoms with Crippen LogP contribution in [0.1, 0.15) is 21.5 Å². The Morgan fingerprint density at radius 1 is 0.892 bits per heavy atom. The molecule has 0 unspecified atom stereocenters. The van der Waals surface area contributed by atoms with Gasteiger partial charge in [0.2, 0.25) is 22.6 Å². The molecule has 0 atom stereocenters. The highest BCUT2D eigenvalue weighted by Crippen LogP contribution is 2.51. The Bertz CT molecular complexity index is 1300. The smallest absolute Gasteiger partial charge is 0.261 e. The number of amides is 1. The standard InChI is InChI=1S/C25H31N3O8S/c1-26-9-8-16-17(14-26)21(34-4)22-23(36-15-35-22)24(16)37(30,31)28-12-10-27(11-13-28)25(29)20-18(32-2)6-5-7-19(20)33-3/h5-7H,8-15H2,1-4H3. The summed E-state index contributed by atoms with van der Waals surface area (Å²) in [6, 6.07) is 5.14. The van der Waals surface area contributed by atoms with Crippen LogP contribution in [0.25, 0.3) is 0 Å². The summed E-state index contributed by atoms with van der Waals surface area (Å²) in [7, 11) is 2.57. The summed E-state index contributed by atoms with van der Waals surface area (Å²) in [5.74, 6) is 1.59. The van der Waals surface area contributed by atoms with Crippen LogP contribution in [0.3, 0.4) is 0 Å². The van der Waals surface area contributed by atoms with Gasteiger partial charge in [-0.1, -0.05) is 6.07 Å². The quantitative estimate of drug-likeness (QED) is 0.547. The number of ether oxygens (including phenoxy) is 5. The summed E-state index contributed by atoms with van der Waals surface area (Å²) in [5.41, 5.74) is 1.83. The molecule has 0 aliphatic carbocycles. The Labute approximate surface area is 216 Å². The van der Waals surface area contributed by atoms with Gasteiger partial charge in [0.05, 0.1) is 21.3 Å². The second-order valence-corrected chi connectivity index (χ2v) is 11.0. The molecule has 0 radical (unpaired) electrons. The molecule has 5 rings (SSSR count). The number of hydrogen-bond acceptors (Lipinski definition) is 9. The van der Waals surface area contributed by atoms with E-state index in [0.29, 0.717) is 53.6 Å². The Morgan fingerprint density at radius 3 is 2.16 bits per heavy atom. The molecule has 2 aromatic carbocycles. The predicted octanol–water partition coefficient (Wildman–Crippen LogP) is 1.58. The van der Waals surface area contributed by atoms with Crippen molar-refractivity contribution in [1.29, 1.82) is 0 Å². The van der Waals surface area contributed by atoms with Gasteiger partial charge in [-0.25, -0.2) is 8.42 Å². The molecule has 11 nitrogen and oxygen atoms in total. The number of sulfonamides is 1. The summed E-state index contributed by atoms with van der Waals surface area (Å²) < 4.78 is 57.2. The number of likely N-dealkylation sites (N-methyl/N-ethyl adjacent to an activating group) is 1. The lowest BCUT2D eigenvalue weighted by molar-refractivity contribution is 0.0690. The minimum atomic E-state index is -3.94. The number of hydrogen-bond donors (Lipinski definition) is 0. The average Bonchev–Trinajstić information content (AvgIpc) is 3.39. The Kier molecular flexibility index (Phi) is 6.82. The van der Waals surface area contributed by atoms with Gasteiger partial charge in [-0.05, 0) is 31.2 Å². The monoisotopic (exact) mass is 533 g/mol. The minimum Gasteiger partial charge on any atom is -0.496 e. The normalized spacial score (nSPS) is 17.9. The van der Waals surface area contributed by atoms with Gasteiger partial charge in [0.25, 0.3) is 5.91 Å². The van der Waals surface area contributed by atoms with Gasteiger partial charge < -0.3 is 33.5 Å². The molecule has 37 heavy (non-hydrogen) atoms. The van der Waals surface area contributed by atoms with Crippen molar-refractivity contribution >= 4 is 15.9 Å². The van der Waals surface area contributed by atoms with Gasteiger partial charge in [0, 0.05) is 44.8 Å². The summed E-state index contributed by atoms with van der Waals surface area (Å²) in [4.78, 5) is 17.3. The number of nitrogens with zero attached hydrogens (tertiary/aromatic N) is 3. The lowest BCUT2D eigenvalue weighted by Crippen LogP contribution is -2.50. The molecule has 3 aliphatic heterocycles. The van der Waals surface area contributed by atoms with E-state index >= 15 is 0 Å². The number of carbonyl (C=O) groups excluding carboxylic acids is 1. The number of rotatable bonds is 6. The van der Waals surface area contributed by atoms with Gasteiger partial charge in [0.15, 0.2) is 11.5 Å². The van der Waals surface area contributed by atoms with Gasteiger partial charge >= 0.3 is 0 Å². The summed E-state index contributed by atoms with van der Waals surface area (Å²) >= 11 is 0. The van der Waals surface area contributed by atoms with E-state index < -0.39 is 10.0 Å². The first-order chi connectivity index (χ1) is 17.8. The Morgan fingerprint density at radius 2 is 1.54 bits per heavy atom. The second-order valence-electron chi connectivity index (χ2n) is 9.11. The maximum absolute atomic E-state index is 14.0. The van der Waals surface area contributed by atoms with Crippen molar-refractivity contribution < 1.29 is 36.9 Å². The number of benzene rings is 2. The van der Waals surface area contributed by atoms with Crippen LogP contribution in [0.4, 0.5) is 0 Å². The molecular weight excluding hydrogens is 502 g/mol. The topological polar surface area (TPSA) is 107 Å². The van der Waals surface area contributed by atoms with Crippen LogP contribution in [0, 0.1) is 0 Å². The van der Waals surface area contributed by atoms with E-state index in [1.165, 1.54) is 18.5 Å². The first kappa shape index (κ1) is 25.4. The highest BCUT2D eigenvalue weighted by molar-refractivity contribution is 7.89. The first-order valence-corrected chi connectivity index (χ1v) is 13.5. The lowest BCUT2D eigenvalue weighted by Gasteiger charge is -2.36. The highest BCUT2D eigenvalue weighted by Gasteiger charge is 2.41. The third kappa shape index (κ3) is 4.22. The molecule has 12 heteroatoms. The van der Waals surface area contributed by atoms with Crippen molar-refractivity contribution in [1.82, 2.24) is 14.1 Å². The first-order valence-electron chi connectivity index (χ1n) is 12.0. The second kappa shape index (κ2) is 9.92. The zero-order chi connectivity index (χ0) is 26.3. The predicted molar refractivity (Wildman–Crippen MR) is 133 cm³/mol. The third-order valence-corrected chi connectivity index (χ3v) is 9.07. The SMILES string of the molecule is COc1cccc(OC)c1C(=O)N1CCN(S(=O)(=O)c2c3c(c(OC)c4c2OCO4)CN(C)CC3)CC1. The van der Waals surface area contributed by atoms with Crippen molar-refractivity contribution in [3.8, 4) is 28.7 Å². The third-order valence-electron chi connectivity index (χ3n) is 7.08. The molecule has 1 fully saturated rings. The highest BCUT2D eigenvalue weighted by atomic mass is 32.2. The van der Waals surface area contributed by atoms with E-state index in [2.05, 4.69) is 4.90 Å². The van der Waals surface area contributed by atoms with E-state index in [9.17, 15) is 13.2 Å². The molecule has 200 valence electrons. The summed E-state index contributed by atoms with van der Waals surface area (Å²) in [6.07, 6.45) is 0.541. The fraction of sp³-hybridized carbons (Fsp3) is 0.480. The van der Waals surface area contributed by atoms with E-state index in [1.807, 2.05) is 7.05 Å². The number of piperazine rings is 1. The number of carbonyl (C=O) groups is 1. The van der Waals surface area contributed by atoms with Crippen LogP contribution in [0.2, 0.25) is 0 Å². The number of methoxy groups -OCH3 is 3. The largest absolute Gasteiger partial charge is 0.496 e. The van der Waals surface area contributed by atoms with Gasteiger partial charge in [0.1, 0.15) is 22.0 Å². The Hall–Kier alpha value is -3.22. The van der Waals surface area contributed by atoms with Crippen LogP contribution in [0.15, 0.2) is 23.1 Å². The maximum atomic E-state index is 14.0. The molecule has 0 spiro atoms. The van der Waals surface area contributed by atoms with E-state index in [-0.39, 0.29) is 49.5 Å². The van der Waals surface area contributed by atoms with Crippen LogP contribution >= 0.6 is 0 Å². The molecular formula is C25H31N3O8S. The Balaban J connectivity index is 1.44. The van der Waals surface area contributed by atoms with Crippen molar-refractivity contribution in [3.63, 3.8) is 0 Å². The molecule has 3 aliphatic rings. The molecule has 0 N–H and O–H groups in total. The molecule has 2 aromatic rings. The van der Waals surface area contributed by atoms with Crippen molar-refractivity contribution in [3.05, 3.63) is 34.9 Å². The molecule has 0 aromatic heterocycles. The van der Waals surface area contributed by atoms with Crippen molar-refractivity contribution in [2.45, 2.75) is 17.9 Å². The van der Waals surface area contributed by atoms with Crippen molar-refractivity contribution in [2.24, 2.45) is 0 Å². The van der Waals surface area contributed by atoms with Gasteiger partial charge in [-0.2, -0.15) is 4.31 Å². The molecule has 1 amide bonds. The van der Waals surface area contributed by atoms with Gasteiger partial charge in [-0.15, -0.1) is 0 Å². The molecule has 3 heterocycles. The minimum absolute atomic E-state index is 0.0734. The summed E-state index contributed by atoms with van der Waals surface area (Å²) in [6.45, 7) is 1.90. The van der Waals surface area contributed by atoms with Gasteiger partial charge in [-0.3, -0.25) is 4.79 Å². The van der Waals surface area contributed by atoms with Crippen LogP contribution in [-0.2, 0) is 23.0 Å². The fourth-order valence-corrected chi connectivity index (χ4v) is 7.04. The van der Waals surface area contributed by atoms with Crippen LogP contribution < -0.4 is 23.7 Å². The zero-order valence-electron chi connectivity index (χ0n) is 21.4. The maximum Gasteiger partial charge on any atom is 0.261 e. The summed E-state index contributed by atoms with van der Waals surface area (Å²) in [5, 5.41) is 0. The molecule has 0 saturated carbocycles. The van der Waals surface area contributed by atoms with E-state index in [4.69, 9.17) is 23.7 Å².